The monoisotopic (exact) mass is 391 g/mol. The van der Waals surface area contributed by atoms with E-state index in [4.69, 9.17) is 5.26 Å². The van der Waals surface area contributed by atoms with E-state index in [1.165, 1.54) is 40.7 Å². The third kappa shape index (κ3) is 3.83. The molecular formula is C29H29N. The highest BCUT2D eigenvalue weighted by Gasteiger charge is 2.37. The molecule has 1 nitrogen and oxygen atoms in total. The van der Waals surface area contributed by atoms with Crippen LogP contribution in [-0.2, 0) is 10.8 Å². The summed E-state index contributed by atoms with van der Waals surface area (Å²) < 4.78 is 0. The van der Waals surface area contributed by atoms with Gasteiger partial charge in [0.25, 0.3) is 0 Å². The van der Waals surface area contributed by atoms with Crippen LogP contribution < -0.4 is 0 Å². The summed E-state index contributed by atoms with van der Waals surface area (Å²) in [6.07, 6.45) is 4.66. The summed E-state index contributed by atoms with van der Waals surface area (Å²) in [5.74, 6) is 0. The number of hydrogen-bond acceptors (Lipinski definition) is 1. The van der Waals surface area contributed by atoms with Crippen LogP contribution in [0.25, 0.3) is 11.6 Å². The molecule has 0 saturated carbocycles. The normalized spacial score (nSPS) is 17.1. The topological polar surface area (TPSA) is 23.8 Å². The van der Waals surface area contributed by atoms with Gasteiger partial charge in [0.15, 0.2) is 0 Å². The van der Waals surface area contributed by atoms with Crippen LogP contribution in [0.5, 0.6) is 0 Å². The highest BCUT2D eigenvalue weighted by molar-refractivity contribution is 5.91. The van der Waals surface area contributed by atoms with Crippen LogP contribution in [0.15, 0.2) is 72.8 Å². The average Bonchev–Trinajstić information content (AvgIpc) is 2.76. The van der Waals surface area contributed by atoms with Gasteiger partial charge in [-0.05, 0) is 75.3 Å². The fraction of sp³-hybridized carbons (Fsp3) is 0.276. The fourth-order valence-corrected chi connectivity index (χ4v) is 4.53. The highest BCUT2D eigenvalue weighted by Crippen LogP contribution is 2.46. The summed E-state index contributed by atoms with van der Waals surface area (Å²) in [6, 6.07) is 27.6. The standard InChI is InChI=1S/C29H29N/c1-28(2)16-17-29(3,4)27-19-24(14-15-26(27)28)25(23-8-6-5-7-9-23)18-21-10-12-22(20-30)13-11-21/h5-15,18-19H,16-17H2,1-4H3. The SMILES string of the molecule is CC1(C)CCC(C)(C)c2cc(C(=Cc3ccc(C#N)cc3)c3ccccc3)ccc21. The largest absolute Gasteiger partial charge is 0.192 e. The first kappa shape index (κ1) is 20.2. The van der Waals surface area contributed by atoms with Crippen molar-refractivity contribution in [1.82, 2.24) is 0 Å². The van der Waals surface area contributed by atoms with Crippen molar-refractivity contribution in [1.29, 1.82) is 5.26 Å². The van der Waals surface area contributed by atoms with E-state index in [2.05, 4.69) is 88.4 Å². The Morgan fingerprint density at radius 3 is 2.03 bits per heavy atom. The summed E-state index contributed by atoms with van der Waals surface area (Å²) in [5, 5.41) is 9.10. The molecule has 0 saturated heterocycles. The lowest BCUT2D eigenvalue weighted by Gasteiger charge is -2.42. The number of nitriles is 1. The maximum absolute atomic E-state index is 9.10. The van der Waals surface area contributed by atoms with Gasteiger partial charge >= 0.3 is 0 Å². The summed E-state index contributed by atoms with van der Waals surface area (Å²) in [4.78, 5) is 0. The molecule has 0 N–H and O–H groups in total. The van der Waals surface area contributed by atoms with Gasteiger partial charge in [-0.1, -0.05) is 88.4 Å². The number of rotatable bonds is 3. The third-order valence-electron chi connectivity index (χ3n) is 6.60. The predicted molar refractivity (Wildman–Crippen MR) is 126 cm³/mol. The molecular weight excluding hydrogens is 362 g/mol. The van der Waals surface area contributed by atoms with Gasteiger partial charge in [0.1, 0.15) is 0 Å². The molecule has 0 bridgehead atoms. The lowest BCUT2D eigenvalue weighted by Crippen LogP contribution is -2.33. The van der Waals surface area contributed by atoms with E-state index in [1.807, 2.05) is 24.3 Å². The quantitative estimate of drug-likeness (QED) is 0.424. The zero-order valence-electron chi connectivity index (χ0n) is 18.4. The Hall–Kier alpha value is -3.11. The molecule has 0 unspecified atom stereocenters. The Morgan fingerprint density at radius 2 is 1.40 bits per heavy atom. The van der Waals surface area contributed by atoms with Crippen LogP contribution >= 0.6 is 0 Å². The van der Waals surface area contributed by atoms with Crippen molar-refractivity contribution in [2.45, 2.75) is 51.4 Å². The van der Waals surface area contributed by atoms with Gasteiger partial charge in [-0.3, -0.25) is 0 Å². The molecule has 3 aromatic carbocycles. The van der Waals surface area contributed by atoms with Crippen LogP contribution in [0.3, 0.4) is 0 Å². The Kier molecular flexibility index (Phi) is 5.12. The molecule has 0 spiro atoms. The number of benzene rings is 3. The molecule has 1 aliphatic carbocycles. The first-order valence-electron chi connectivity index (χ1n) is 10.7. The van der Waals surface area contributed by atoms with E-state index >= 15 is 0 Å². The lowest BCUT2D eigenvalue weighted by molar-refractivity contribution is 0.332. The van der Waals surface area contributed by atoms with Crippen molar-refractivity contribution in [3.8, 4) is 6.07 Å². The Balaban J connectivity index is 1.88. The fourth-order valence-electron chi connectivity index (χ4n) is 4.53. The van der Waals surface area contributed by atoms with Crippen LogP contribution in [0.1, 0.15) is 73.9 Å². The second-order valence-corrected chi connectivity index (χ2v) is 9.69. The van der Waals surface area contributed by atoms with Gasteiger partial charge in [-0.2, -0.15) is 5.26 Å². The van der Waals surface area contributed by atoms with Crippen LogP contribution in [0.2, 0.25) is 0 Å². The summed E-state index contributed by atoms with van der Waals surface area (Å²) in [6.45, 7) is 9.48. The van der Waals surface area contributed by atoms with Crippen molar-refractivity contribution in [2.75, 3.05) is 0 Å². The highest BCUT2D eigenvalue weighted by atomic mass is 14.4. The molecule has 150 valence electrons. The second-order valence-electron chi connectivity index (χ2n) is 9.69. The Morgan fingerprint density at radius 1 is 0.767 bits per heavy atom. The summed E-state index contributed by atoms with van der Waals surface area (Å²) in [7, 11) is 0. The predicted octanol–water partition coefficient (Wildman–Crippen LogP) is 7.50. The van der Waals surface area contributed by atoms with E-state index in [9.17, 15) is 0 Å². The van der Waals surface area contributed by atoms with Gasteiger partial charge in [-0.15, -0.1) is 0 Å². The molecule has 0 amide bonds. The van der Waals surface area contributed by atoms with Crippen molar-refractivity contribution in [3.05, 3.63) is 106 Å². The van der Waals surface area contributed by atoms with Gasteiger partial charge < -0.3 is 0 Å². The van der Waals surface area contributed by atoms with E-state index in [0.29, 0.717) is 5.56 Å². The number of fused-ring (bicyclic) bond motifs is 1. The van der Waals surface area contributed by atoms with Crippen LogP contribution in [0.4, 0.5) is 0 Å². The van der Waals surface area contributed by atoms with E-state index < -0.39 is 0 Å². The lowest BCUT2D eigenvalue weighted by atomic mass is 9.63. The summed E-state index contributed by atoms with van der Waals surface area (Å²) >= 11 is 0. The smallest absolute Gasteiger partial charge is 0.0991 e. The van der Waals surface area contributed by atoms with Crippen molar-refractivity contribution >= 4 is 11.6 Å². The molecule has 0 heterocycles. The molecule has 1 heteroatoms. The first-order valence-corrected chi connectivity index (χ1v) is 10.7. The molecule has 0 fully saturated rings. The zero-order chi connectivity index (χ0) is 21.4. The average molecular weight is 392 g/mol. The van der Waals surface area contributed by atoms with Crippen LogP contribution in [0, 0.1) is 11.3 Å². The van der Waals surface area contributed by atoms with Gasteiger partial charge in [0.05, 0.1) is 11.6 Å². The molecule has 0 atom stereocenters. The van der Waals surface area contributed by atoms with Crippen LogP contribution in [-0.4, -0.2) is 0 Å². The van der Waals surface area contributed by atoms with Crippen molar-refractivity contribution in [2.24, 2.45) is 0 Å². The van der Waals surface area contributed by atoms with Crippen molar-refractivity contribution < 1.29 is 0 Å². The third-order valence-corrected chi connectivity index (χ3v) is 6.60. The molecule has 0 radical (unpaired) electrons. The maximum Gasteiger partial charge on any atom is 0.0991 e. The zero-order valence-corrected chi connectivity index (χ0v) is 18.4. The molecule has 30 heavy (non-hydrogen) atoms. The first-order chi connectivity index (χ1) is 14.3. The number of hydrogen-bond donors (Lipinski definition) is 0. The number of nitrogens with zero attached hydrogens (tertiary/aromatic N) is 1. The molecule has 0 aliphatic heterocycles. The van der Waals surface area contributed by atoms with Gasteiger partial charge in [-0.25, -0.2) is 0 Å². The maximum atomic E-state index is 9.10. The molecule has 3 aromatic rings. The minimum atomic E-state index is 0.178. The summed E-state index contributed by atoms with van der Waals surface area (Å²) in [5.41, 5.74) is 8.79. The van der Waals surface area contributed by atoms with Gasteiger partial charge in [0, 0.05) is 0 Å². The minimum Gasteiger partial charge on any atom is -0.192 e. The van der Waals surface area contributed by atoms with E-state index in [-0.39, 0.29) is 10.8 Å². The van der Waals surface area contributed by atoms with Gasteiger partial charge in [0.2, 0.25) is 0 Å². The minimum absolute atomic E-state index is 0.178. The molecule has 4 rings (SSSR count). The molecule has 0 aromatic heterocycles. The Labute approximate surface area is 180 Å². The second kappa shape index (κ2) is 7.62. The Bertz CT molecular complexity index is 1120. The van der Waals surface area contributed by atoms with E-state index in [1.54, 1.807) is 0 Å². The van der Waals surface area contributed by atoms with E-state index in [0.717, 1.165) is 5.56 Å². The molecule has 1 aliphatic rings. The van der Waals surface area contributed by atoms with Crippen molar-refractivity contribution in [3.63, 3.8) is 0 Å².